The number of methoxy groups -OCH3 is 1. The van der Waals surface area contributed by atoms with Crippen LogP contribution in [0, 0.1) is 6.92 Å². The van der Waals surface area contributed by atoms with Crippen LogP contribution >= 0.6 is 0 Å². The van der Waals surface area contributed by atoms with Gasteiger partial charge in [0.2, 0.25) is 5.95 Å². The van der Waals surface area contributed by atoms with Gasteiger partial charge in [0.25, 0.3) is 0 Å². The van der Waals surface area contributed by atoms with E-state index in [1.165, 1.54) is 25.7 Å². The Balaban J connectivity index is 1.86. The molecule has 1 aromatic carbocycles. The van der Waals surface area contributed by atoms with Gasteiger partial charge in [0, 0.05) is 24.0 Å². The second-order valence-corrected chi connectivity index (χ2v) is 5.41. The average molecular weight is 271 g/mol. The Morgan fingerprint density at radius 3 is 2.85 bits per heavy atom. The van der Waals surface area contributed by atoms with E-state index < -0.39 is 0 Å². The molecule has 0 amide bonds. The number of hydrogen-bond donors (Lipinski definition) is 1. The van der Waals surface area contributed by atoms with E-state index in [9.17, 15) is 0 Å². The zero-order valence-electron chi connectivity index (χ0n) is 12.1. The summed E-state index contributed by atoms with van der Waals surface area (Å²) < 4.78 is 7.55. The number of benzene rings is 1. The van der Waals surface area contributed by atoms with E-state index in [0.29, 0.717) is 6.04 Å². The van der Waals surface area contributed by atoms with Crippen LogP contribution in [0.2, 0.25) is 0 Å². The Bertz CT molecular complexity index is 585. The summed E-state index contributed by atoms with van der Waals surface area (Å²) in [6, 6.07) is 8.54. The van der Waals surface area contributed by atoms with Crippen molar-refractivity contribution in [3.05, 3.63) is 36.2 Å². The van der Waals surface area contributed by atoms with Crippen molar-refractivity contribution < 1.29 is 4.74 Å². The van der Waals surface area contributed by atoms with Crippen molar-refractivity contribution in [1.29, 1.82) is 0 Å². The summed E-state index contributed by atoms with van der Waals surface area (Å²) >= 11 is 0. The summed E-state index contributed by atoms with van der Waals surface area (Å²) in [5, 5.41) is 3.42. The molecule has 4 heteroatoms. The van der Waals surface area contributed by atoms with Crippen LogP contribution < -0.4 is 10.1 Å². The van der Waals surface area contributed by atoms with E-state index in [2.05, 4.69) is 21.1 Å². The normalized spacial score (nSPS) is 15.5. The molecule has 1 aliphatic carbocycles. The molecule has 106 valence electrons. The van der Waals surface area contributed by atoms with Crippen molar-refractivity contribution in [1.82, 2.24) is 9.55 Å². The molecule has 1 aromatic heterocycles. The molecule has 1 fully saturated rings. The zero-order chi connectivity index (χ0) is 13.9. The lowest BCUT2D eigenvalue weighted by molar-refractivity contribution is 0.415. The molecule has 0 aliphatic heterocycles. The van der Waals surface area contributed by atoms with E-state index in [1.807, 2.05) is 31.2 Å². The summed E-state index contributed by atoms with van der Waals surface area (Å²) in [6.07, 6.45) is 7.30. The van der Waals surface area contributed by atoms with Crippen LogP contribution in [0.1, 0.15) is 37.4 Å². The lowest BCUT2D eigenvalue weighted by Crippen LogP contribution is -2.07. The Kier molecular flexibility index (Phi) is 3.63. The maximum absolute atomic E-state index is 5.26. The summed E-state index contributed by atoms with van der Waals surface area (Å²) in [7, 11) is 1.68. The molecule has 0 radical (unpaired) electrons. The predicted molar refractivity (Wildman–Crippen MR) is 80.7 cm³/mol. The first kappa shape index (κ1) is 13.0. The fourth-order valence-electron chi connectivity index (χ4n) is 2.90. The number of imidazole rings is 1. The number of rotatable bonds is 4. The van der Waals surface area contributed by atoms with Gasteiger partial charge < -0.3 is 14.6 Å². The van der Waals surface area contributed by atoms with Gasteiger partial charge in [-0.2, -0.15) is 0 Å². The number of aryl methyl sites for hydroxylation is 1. The van der Waals surface area contributed by atoms with Gasteiger partial charge in [-0.1, -0.05) is 18.9 Å². The molecule has 0 spiro atoms. The fraction of sp³-hybridized carbons (Fsp3) is 0.438. The van der Waals surface area contributed by atoms with Gasteiger partial charge in [0.05, 0.1) is 12.8 Å². The minimum absolute atomic E-state index is 0.587. The summed E-state index contributed by atoms with van der Waals surface area (Å²) in [4.78, 5) is 4.62. The van der Waals surface area contributed by atoms with Gasteiger partial charge in [-0.15, -0.1) is 0 Å². The van der Waals surface area contributed by atoms with E-state index >= 15 is 0 Å². The molecule has 2 aromatic rings. The zero-order valence-corrected chi connectivity index (χ0v) is 12.1. The average Bonchev–Trinajstić information content (AvgIpc) is 3.08. The molecule has 1 heterocycles. The van der Waals surface area contributed by atoms with Crippen LogP contribution in [0.15, 0.2) is 30.5 Å². The third-order valence-corrected chi connectivity index (χ3v) is 3.90. The molecular weight excluding hydrogens is 250 g/mol. The first-order chi connectivity index (χ1) is 9.76. The lowest BCUT2D eigenvalue weighted by Gasteiger charge is -2.15. The number of hydrogen-bond acceptors (Lipinski definition) is 3. The minimum Gasteiger partial charge on any atom is -0.497 e. The number of ether oxygens (including phenoxy) is 1. The monoisotopic (exact) mass is 271 g/mol. The lowest BCUT2D eigenvalue weighted by atomic mass is 10.2. The second kappa shape index (κ2) is 5.57. The van der Waals surface area contributed by atoms with Crippen molar-refractivity contribution in [2.24, 2.45) is 0 Å². The quantitative estimate of drug-likeness (QED) is 0.911. The van der Waals surface area contributed by atoms with Crippen molar-refractivity contribution >= 4 is 11.6 Å². The number of nitrogens with one attached hydrogen (secondary N) is 1. The Morgan fingerprint density at radius 2 is 2.10 bits per heavy atom. The Hall–Kier alpha value is -1.97. The predicted octanol–water partition coefficient (Wildman–Crippen LogP) is 4.06. The highest BCUT2D eigenvalue weighted by atomic mass is 16.5. The molecule has 0 atom stereocenters. The van der Waals surface area contributed by atoms with Gasteiger partial charge in [0.15, 0.2) is 0 Å². The van der Waals surface area contributed by atoms with E-state index in [1.54, 1.807) is 7.11 Å². The van der Waals surface area contributed by atoms with E-state index in [0.717, 1.165) is 23.1 Å². The van der Waals surface area contributed by atoms with Crippen LogP contribution in [0.25, 0.3) is 0 Å². The second-order valence-electron chi connectivity index (χ2n) is 5.41. The highest BCUT2D eigenvalue weighted by molar-refractivity contribution is 5.56. The van der Waals surface area contributed by atoms with Gasteiger partial charge >= 0.3 is 0 Å². The SMILES string of the molecule is COc1cccc(Nc2nc(C)cn2C2CCCC2)c1. The molecule has 3 rings (SSSR count). The third-order valence-electron chi connectivity index (χ3n) is 3.90. The summed E-state index contributed by atoms with van der Waals surface area (Å²) in [6.45, 7) is 2.04. The fourth-order valence-corrected chi connectivity index (χ4v) is 2.90. The van der Waals surface area contributed by atoms with Crippen molar-refractivity contribution in [3.63, 3.8) is 0 Å². The van der Waals surface area contributed by atoms with Crippen LogP contribution in [-0.4, -0.2) is 16.7 Å². The maximum Gasteiger partial charge on any atom is 0.207 e. The maximum atomic E-state index is 5.26. The van der Waals surface area contributed by atoms with Gasteiger partial charge in [-0.25, -0.2) is 4.98 Å². The van der Waals surface area contributed by atoms with Crippen LogP contribution in [0.4, 0.5) is 11.6 Å². The highest BCUT2D eigenvalue weighted by Crippen LogP contribution is 2.33. The molecule has 1 N–H and O–H groups in total. The van der Waals surface area contributed by atoms with E-state index in [-0.39, 0.29) is 0 Å². The molecular formula is C16H21N3O. The third kappa shape index (κ3) is 2.64. The molecule has 4 nitrogen and oxygen atoms in total. The van der Waals surface area contributed by atoms with Crippen LogP contribution in [0.3, 0.4) is 0 Å². The number of nitrogens with zero attached hydrogens (tertiary/aromatic N) is 2. The molecule has 1 saturated carbocycles. The van der Waals surface area contributed by atoms with Gasteiger partial charge in [-0.05, 0) is 31.9 Å². The Labute approximate surface area is 119 Å². The molecule has 20 heavy (non-hydrogen) atoms. The smallest absolute Gasteiger partial charge is 0.207 e. The molecule has 0 saturated heterocycles. The van der Waals surface area contributed by atoms with E-state index in [4.69, 9.17) is 4.74 Å². The van der Waals surface area contributed by atoms with Crippen LogP contribution in [-0.2, 0) is 0 Å². The number of anilines is 2. The highest BCUT2D eigenvalue weighted by Gasteiger charge is 2.20. The first-order valence-corrected chi connectivity index (χ1v) is 7.23. The van der Waals surface area contributed by atoms with Crippen molar-refractivity contribution in [3.8, 4) is 5.75 Å². The van der Waals surface area contributed by atoms with Crippen LogP contribution in [0.5, 0.6) is 5.75 Å². The number of aromatic nitrogens is 2. The topological polar surface area (TPSA) is 39.1 Å². The Morgan fingerprint density at radius 1 is 1.30 bits per heavy atom. The summed E-state index contributed by atoms with van der Waals surface area (Å²) in [5.41, 5.74) is 2.07. The first-order valence-electron chi connectivity index (χ1n) is 7.23. The van der Waals surface area contributed by atoms with Gasteiger partial charge in [-0.3, -0.25) is 0 Å². The van der Waals surface area contributed by atoms with Crippen molar-refractivity contribution in [2.45, 2.75) is 38.6 Å². The molecule has 0 unspecified atom stereocenters. The molecule has 1 aliphatic rings. The summed E-state index contributed by atoms with van der Waals surface area (Å²) in [5.74, 6) is 1.79. The minimum atomic E-state index is 0.587. The molecule has 0 bridgehead atoms. The van der Waals surface area contributed by atoms with Crippen molar-refractivity contribution in [2.75, 3.05) is 12.4 Å². The largest absolute Gasteiger partial charge is 0.497 e. The standard InChI is InChI=1S/C16H21N3O/c1-12-11-19(14-7-3-4-8-14)16(17-12)18-13-6-5-9-15(10-13)20-2/h5-6,9-11,14H,3-4,7-8H2,1-2H3,(H,17,18). The van der Waals surface area contributed by atoms with Gasteiger partial charge in [0.1, 0.15) is 5.75 Å².